The first-order valence-electron chi connectivity index (χ1n) is 9.09. The number of nitrogens with zero attached hydrogens (tertiary/aromatic N) is 3. The van der Waals surface area contributed by atoms with E-state index in [1.165, 1.54) is 23.2 Å². The molecule has 6 nitrogen and oxygen atoms in total. The Morgan fingerprint density at radius 3 is 2.57 bits per heavy atom. The van der Waals surface area contributed by atoms with Crippen LogP contribution in [0.3, 0.4) is 0 Å². The zero-order valence-corrected chi connectivity index (χ0v) is 17.5. The Balaban J connectivity index is 2.23. The number of rotatable bonds is 4. The molecule has 1 atom stereocenters. The van der Waals surface area contributed by atoms with E-state index in [1.54, 1.807) is 13.8 Å². The van der Waals surface area contributed by atoms with E-state index in [0.29, 0.717) is 22.8 Å². The highest BCUT2D eigenvalue weighted by Gasteiger charge is 2.36. The fourth-order valence-electron chi connectivity index (χ4n) is 3.30. The van der Waals surface area contributed by atoms with Gasteiger partial charge in [-0.25, -0.2) is 9.78 Å². The van der Waals surface area contributed by atoms with Crippen LogP contribution in [0.15, 0.2) is 45.9 Å². The van der Waals surface area contributed by atoms with E-state index >= 15 is 0 Å². The molecule has 3 rings (SSSR count). The standard InChI is InChI=1S/C21H23N3O3S/c1-6-27-21(26)18-13(3)24(15(5)25)20(17-11-28-14(4)22-17)23-19(18)16-9-7-8-12(2)10-16/h7-11,19H,6H2,1-5H3/t19-/m0/s1. The molecule has 0 aliphatic carbocycles. The van der Waals surface area contributed by atoms with Crippen LogP contribution >= 0.6 is 11.3 Å². The molecule has 1 aromatic heterocycles. The molecule has 28 heavy (non-hydrogen) atoms. The zero-order chi connectivity index (χ0) is 20.4. The first kappa shape index (κ1) is 19.9. The Morgan fingerprint density at radius 2 is 2.00 bits per heavy atom. The molecule has 1 aromatic carbocycles. The van der Waals surface area contributed by atoms with E-state index in [1.807, 2.05) is 43.5 Å². The Kier molecular flexibility index (Phi) is 5.74. The monoisotopic (exact) mass is 397 g/mol. The van der Waals surface area contributed by atoms with Gasteiger partial charge in [0.1, 0.15) is 11.7 Å². The molecule has 2 heterocycles. The molecule has 146 valence electrons. The molecule has 0 unspecified atom stereocenters. The van der Waals surface area contributed by atoms with Crippen molar-refractivity contribution in [2.24, 2.45) is 4.99 Å². The summed E-state index contributed by atoms with van der Waals surface area (Å²) in [7, 11) is 0. The Bertz CT molecular complexity index is 990. The molecule has 0 bridgehead atoms. The average molecular weight is 398 g/mol. The number of aryl methyl sites for hydroxylation is 2. The van der Waals surface area contributed by atoms with Crippen molar-refractivity contribution in [3.63, 3.8) is 0 Å². The van der Waals surface area contributed by atoms with Crippen LogP contribution in [0.1, 0.15) is 48.6 Å². The molecule has 0 fully saturated rings. The highest BCUT2D eigenvalue weighted by Crippen LogP contribution is 2.36. The first-order chi connectivity index (χ1) is 13.3. The zero-order valence-electron chi connectivity index (χ0n) is 16.6. The third-order valence-electron chi connectivity index (χ3n) is 4.48. The van der Waals surface area contributed by atoms with E-state index in [0.717, 1.165) is 16.1 Å². The molecule has 0 N–H and O–H groups in total. The lowest BCUT2D eigenvalue weighted by Crippen LogP contribution is -2.40. The second kappa shape index (κ2) is 8.06. The van der Waals surface area contributed by atoms with Crippen LogP contribution in [-0.4, -0.2) is 34.2 Å². The number of carbonyl (C=O) groups excluding carboxylic acids is 2. The minimum absolute atomic E-state index is 0.230. The number of aliphatic imine (C=N–C) groups is 1. The largest absolute Gasteiger partial charge is 0.463 e. The predicted octanol–water partition coefficient (Wildman–Crippen LogP) is 3.95. The Labute approximate surface area is 168 Å². The minimum Gasteiger partial charge on any atom is -0.463 e. The Hall–Kier alpha value is -2.80. The van der Waals surface area contributed by atoms with Gasteiger partial charge >= 0.3 is 5.97 Å². The van der Waals surface area contributed by atoms with Gasteiger partial charge < -0.3 is 4.74 Å². The van der Waals surface area contributed by atoms with Crippen LogP contribution in [0.4, 0.5) is 0 Å². The smallest absolute Gasteiger partial charge is 0.338 e. The fraction of sp³-hybridized carbons (Fsp3) is 0.333. The molecule has 0 saturated heterocycles. The molecule has 2 aromatic rings. The SMILES string of the molecule is CCOC(=O)C1=C(C)N(C(C)=O)C(c2csc(C)n2)=N[C@H]1c1cccc(C)c1. The Morgan fingerprint density at radius 1 is 1.25 bits per heavy atom. The quantitative estimate of drug-likeness (QED) is 0.733. The number of hydrogen-bond donors (Lipinski definition) is 0. The summed E-state index contributed by atoms with van der Waals surface area (Å²) in [6.45, 7) is 9.11. The molecule has 1 aliphatic rings. The molecule has 0 radical (unpaired) electrons. The van der Waals surface area contributed by atoms with Gasteiger partial charge in [0.2, 0.25) is 5.91 Å². The number of esters is 1. The molecule has 1 aliphatic heterocycles. The summed E-state index contributed by atoms with van der Waals surface area (Å²) in [5.41, 5.74) is 3.45. The summed E-state index contributed by atoms with van der Waals surface area (Å²) in [4.78, 5) is 36.0. The summed E-state index contributed by atoms with van der Waals surface area (Å²) in [6.07, 6.45) is 0. The van der Waals surface area contributed by atoms with Gasteiger partial charge in [-0.15, -0.1) is 11.3 Å². The van der Waals surface area contributed by atoms with Crippen molar-refractivity contribution in [1.29, 1.82) is 0 Å². The molecule has 0 spiro atoms. The normalized spacial score (nSPS) is 16.8. The van der Waals surface area contributed by atoms with Gasteiger partial charge in [0, 0.05) is 18.0 Å². The first-order valence-corrected chi connectivity index (χ1v) is 9.96. The lowest BCUT2D eigenvalue weighted by Gasteiger charge is -2.32. The van der Waals surface area contributed by atoms with Gasteiger partial charge in [-0.05, 0) is 33.3 Å². The van der Waals surface area contributed by atoms with Gasteiger partial charge in [0.15, 0.2) is 5.84 Å². The van der Waals surface area contributed by atoms with Crippen molar-refractivity contribution < 1.29 is 14.3 Å². The van der Waals surface area contributed by atoms with E-state index in [2.05, 4.69) is 4.98 Å². The maximum atomic E-state index is 12.8. The highest BCUT2D eigenvalue weighted by molar-refractivity contribution is 7.09. The second-order valence-corrected chi connectivity index (χ2v) is 7.66. The van der Waals surface area contributed by atoms with Crippen molar-refractivity contribution in [2.75, 3.05) is 6.61 Å². The topological polar surface area (TPSA) is 71.9 Å². The second-order valence-electron chi connectivity index (χ2n) is 6.60. The van der Waals surface area contributed by atoms with E-state index in [9.17, 15) is 9.59 Å². The number of thiazole rings is 1. The maximum absolute atomic E-state index is 12.8. The van der Waals surface area contributed by atoms with Crippen molar-refractivity contribution in [3.05, 3.63) is 62.7 Å². The van der Waals surface area contributed by atoms with Crippen molar-refractivity contribution >= 4 is 29.0 Å². The third kappa shape index (κ3) is 3.75. The number of carbonyl (C=O) groups is 2. The number of allylic oxidation sites excluding steroid dienone is 1. The number of aromatic nitrogens is 1. The third-order valence-corrected chi connectivity index (χ3v) is 5.25. The number of amidine groups is 1. The van der Waals surface area contributed by atoms with Gasteiger partial charge in [0.05, 0.1) is 17.2 Å². The molecule has 0 saturated carbocycles. The van der Waals surface area contributed by atoms with E-state index in [4.69, 9.17) is 9.73 Å². The number of hydrogen-bond acceptors (Lipinski definition) is 6. The van der Waals surface area contributed by atoms with Crippen molar-refractivity contribution in [1.82, 2.24) is 9.88 Å². The lowest BCUT2D eigenvalue weighted by atomic mass is 9.94. The van der Waals surface area contributed by atoms with Crippen LogP contribution in [0, 0.1) is 13.8 Å². The molecular formula is C21H23N3O3S. The van der Waals surface area contributed by atoms with Gasteiger partial charge in [0.25, 0.3) is 0 Å². The minimum atomic E-state index is -0.563. The molecule has 1 amide bonds. The summed E-state index contributed by atoms with van der Waals surface area (Å²) in [5.74, 6) is -0.240. The highest BCUT2D eigenvalue weighted by atomic mass is 32.1. The van der Waals surface area contributed by atoms with Gasteiger partial charge in [-0.3, -0.25) is 14.7 Å². The van der Waals surface area contributed by atoms with Crippen molar-refractivity contribution in [2.45, 2.75) is 40.7 Å². The summed E-state index contributed by atoms with van der Waals surface area (Å²) in [6, 6.07) is 7.28. The summed E-state index contributed by atoms with van der Waals surface area (Å²) < 4.78 is 5.29. The molecular weight excluding hydrogens is 374 g/mol. The van der Waals surface area contributed by atoms with Gasteiger partial charge in [-0.2, -0.15) is 0 Å². The molecule has 7 heteroatoms. The van der Waals surface area contributed by atoms with Crippen LogP contribution in [0.2, 0.25) is 0 Å². The van der Waals surface area contributed by atoms with E-state index < -0.39 is 12.0 Å². The van der Waals surface area contributed by atoms with Gasteiger partial charge in [-0.1, -0.05) is 29.8 Å². The van der Waals surface area contributed by atoms with Crippen LogP contribution in [-0.2, 0) is 14.3 Å². The van der Waals surface area contributed by atoms with Crippen LogP contribution in [0.5, 0.6) is 0 Å². The number of ether oxygens (including phenoxy) is 1. The number of benzene rings is 1. The predicted molar refractivity (Wildman–Crippen MR) is 109 cm³/mol. The summed E-state index contributed by atoms with van der Waals surface area (Å²) in [5, 5.41) is 2.76. The summed E-state index contributed by atoms with van der Waals surface area (Å²) >= 11 is 1.49. The van der Waals surface area contributed by atoms with Crippen LogP contribution in [0.25, 0.3) is 0 Å². The van der Waals surface area contributed by atoms with Crippen LogP contribution < -0.4 is 0 Å². The fourth-order valence-corrected chi connectivity index (χ4v) is 3.89. The van der Waals surface area contributed by atoms with E-state index in [-0.39, 0.29) is 12.5 Å². The maximum Gasteiger partial charge on any atom is 0.338 e. The average Bonchev–Trinajstić information content (AvgIpc) is 3.06. The van der Waals surface area contributed by atoms with Crippen molar-refractivity contribution in [3.8, 4) is 0 Å². The lowest BCUT2D eigenvalue weighted by molar-refractivity contribution is -0.139. The number of amides is 1.